The fourth-order valence-electron chi connectivity index (χ4n) is 3.32. The molecule has 3 aliphatic rings. The fourth-order valence-corrected chi connectivity index (χ4v) is 3.32. The van der Waals surface area contributed by atoms with Crippen molar-refractivity contribution < 1.29 is 4.11 Å². The van der Waals surface area contributed by atoms with Crippen molar-refractivity contribution in [2.75, 3.05) is 0 Å². The van der Waals surface area contributed by atoms with Gasteiger partial charge in [-0.3, -0.25) is 0 Å². The Hall–Kier alpha value is -1.18. The lowest BCUT2D eigenvalue weighted by Crippen LogP contribution is -2.35. The van der Waals surface area contributed by atoms with Gasteiger partial charge in [0.15, 0.2) is 0 Å². The van der Waals surface area contributed by atoms with E-state index in [1.54, 1.807) is 0 Å². The molecule has 0 saturated heterocycles. The summed E-state index contributed by atoms with van der Waals surface area (Å²) in [6.07, 6.45) is 17.0. The molecule has 0 aromatic carbocycles. The van der Waals surface area contributed by atoms with Crippen LogP contribution in [0.2, 0.25) is 11.6 Å². The molecule has 1 fully saturated rings. The van der Waals surface area contributed by atoms with E-state index in [1.165, 1.54) is 25.7 Å². The number of fused-ring (bicyclic) bond motifs is 1. The highest BCUT2D eigenvalue weighted by atomic mass is 14.8. The molecule has 0 aromatic rings. The SMILES string of the molecule is [2H]C([2H])([2H])C1=C2\C=C/C=C\C=C/C2B(C2CCCC2)N1. The molecule has 0 spiro atoms. The van der Waals surface area contributed by atoms with Gasteiger partial charge in [-0.15, -0.1) is 0 Å². The third kappa shape index (κ3) is 2.01. The zero-order valence-corrected chi connectivity index (χ0v) is 10.0. The summed E-state index contributed by atoms with van der Waals surface area (Å²) >= 11 is 0. The number of rotatable bonds is 1. The van der Waals surface area contributed by atoms with Crippen LogP contribution in [0.15, 0.2) is 47.7 Å². The van der Waals surface area contributed by atoms with Crippen LogP contribution in [0.3, 0.4) is 0 Å². The highest BCUT2D eigenvalue weighted by Gasteiger charge is 2.40. The maximum atomic E-state index is 7.78. The van der Waals surface area contributed by atoms with Crippen molar-refractivity contribution in [3.8, 4) is 0 Å². The summed E-state index contributed by atoms with van der Waals surface area (Å²) in [5.41, 5.74) is 1.40. The second-order valence-electron chi connectivity index (χ2n) is 5.20. The van der Waals surface area contributed by atoms with Crippen molar-refractivity contribution in [1.82, 2.24) is 5.23 Å². The number of nitrogens with one attached hydrogen (secondary N) is 1. The Morgan fingerprint density at radius 3 is 2.88 bits per heavy atom. The first-order valence-electron chi connectivity index (χ1n) is 8.10. The topological polar surface area (TPSA) is 12.0 Å². The Bertz CT molecular complexity index is 496. The molecule has 1 aliphatic heterocycles. The Morgan fingerprint density at radius 1 is 1.24 bits per heavy atom. The molecule has 0 radical (unpaired) electrons. The van der Waals surface area contributed by atoms with Gasteiger partial charge in [0, 0.05) is 9.93 Å². The van der Waals surface area contributed by atoms with E-state index in [0.29, 0.717) is 11.5 Å². The first-order valence-corrected chi connectivity index (χ1v) is 6.60. The van der Waals surface area contributed by atoms with Crippen LogP contribution >= 0.6 is 0 Å². The Balaban J connectivity index is 1.98. The van der Waals surface area contributed by atoms with Gasteiger partial charge in [-0.2, -0.15) is 0 Å². The van der Waals surface area contributed by atoms with E-state index in [-0.39, 0.29) is 12.7 Å². The van der Waals surface area contributed by atoms with Crippen molar-refractivity contribution in [1.29, 1.82) is 0 Å². The third-order valence-electron chi connectivity index (χ3n) is 4.18. The highest BCUT2D eigenvalue weighted by molar-refractivity contribution is 6.62. The molecule has 0 aromatic heterocycles. The normalized spacial score (nSPS) is 37.3. The smallest absolute Gasteiger partial charge is 0.266 e. The van der Waals surface area contributed by atoms with Crippen molar-refractivity contribution in [3.05, 3.63) is 47.7 Å². The zero-order valence-electron chi connectivity index (χ0n) is 13.0. The lowest BCUT2D eigenvalue weighted by atomic mass is 9.42. The summed E-state index contributed by atoms with van der Waals surface area (Å²) in [5.74, 6) is 0.783. The van der Waals surface area contributed by atoms with E-state index >= 15 is 0 Å². The van der Waals surface area contributed by atoms with Crippen molar-refractivity contribution in [3.63, 3.8) is 0 Å². The zero-order chi connectivity index (χ0) is 14.2. The lowest BCUT2D eigenvalue weighted by molar-refractivity contribution is 0.827. The largest absolute Gasteiger partial charge is 0.430 e. The summed E-state index contributed by atoms with van der Waals surface area (Å²) < 4.78 is 23.3. The van der Waals surface area contributed by atoms with Crippen molar-refractivity contribution >= 4 is 6.85 Å². The van der Waals surface area contributed by atoms with Crippen molar-refractivity contribution in [2.24, 2.45) is 0 Å². The molecule has 2 aliphatic carbocycles. The van der Waals surface area contributed by atoms with Gasteiger partial charge in [0.2, 0.25) is 0 Å². The molecule has 1 atom stereocenters. The molecule has 3 rings (SSSR count). The van der Waals surface area contributed by atoms with Gasteiger partial charge in [-0.1, -0.05) is 62.1 Å². The van der Waals surface area contributed by atoms with Gasteiger partial charge < -0.3 is 5.23 Å². The average Bonchev–Trinajstić information content (AvgIpc) is 2.94. The van der Waals surface area contributed by atoms with Crippen LogP contribution in [0.4, 0.5) is 0 Å². The molecule has 1 N–H and O–H groups in total. The fraction of sp³-hybridized carbons (Fsp3) is 0.467. The van der Waals surface area contributed by atoms with Crippen LogP contribution in [0.1, 0.15) is 36.6 Å². The molecule has 17 heavy (non-hydrogen) atoms. The molecular formula is C15H20BN. The molecule has 0 bridgehead atoms. The molecule has 1 nitrogen and oxygen atoms in total. The predicted octanol–water partition coefficient (Wildman–Crippen LogP) is 3.85. The van der Waals surface area contributed by atoms with Gasteiger partial charge in [0.1, 0.15) is 0 Å². The number of hydrogen-bond acceptors (Lipinski definition) is 1. The summed E-state index contributed by atoms with van der Waals surface area (Å²) in [6.45, 7) is -1.81. The van der Waals surface area contributed by atoms with Gasteiger partial charge in [0.05, 0.1) is 0 Å². The third-order valence-corrected chi connectivity index (χ3v) is 4.18. The molecule has 88 valence electrons. The number of allylic oxidation sites excluding steroid dienone is 8. The number of hydrogen-bond donors (Lipinski definition) is 1. The van der Waals surface area contributed by atoms with Gasteiger partial charge >= 0.3 is 0 Å². The Kier molecular flexibility index (Phi) is 2.17. The summed E-state index contributed by atoms with van der Waals surface area (Å²) in [6, 6.07) is 0. The van der Waals surface area contributed by atoms with Crippen LogP contribution in [-0.2, 0) is 0 Å². The standard InChI is InChI=1S/C15H20BN/c1-12-14-10-4-2-3-5-11-15(14)16(17-12)13-8-6-7-9-13/h2-5,10-11,13,15,17H,6-9H2,1H3/b3-2-,10-4-,11-5-/i1D3. The molecule has 0 amide bonds. The van der Waals surface area contributed by atoms with E-state index in [0.717, 1.165) is 5.57 Å². The van der Waals surface area contributed by atoms with Crippen LogP contribution in [0.5, 0.6) is 0 Å². The van der Waals surface area contributed by atoms with Gasteiger partial charge in [-0.25, -0.2) is 0 Å². The minimum atomic E-state index is -2.05. The molecule has 1 unspecified atom stereocenters. The van der Waals surface area contributed by atoms with Gasteiger partial charge in [-0.05, 0) is 23.9 Å². The molecule has 2 heteroatoms. The summed E-state index contributed by atoms with van der Waals surface area (Å²) in [5, 5.41) is 3.36. The monoisotopic (exact) mass is 228 g/mol. The quantitative estimate of drug-likeness (QED) is 0.672. The molecular weight excluding hydrogens is 205 g/mol. The van der Waals surface area contributed by atoms with Crippen LogP contribution < -0.4 is 5.23 Å². The van der Waals surface area contributed by atoms with Crippen LogP contribution in [-0.4, -0.2) is 6.85 Å². The first-order chi connectivity index (χ1) is 9.57. The Morgan fingerprint density at radius 2 is 2.06 bits per heavy atom. The van der Waals surface area contributed by atoms with E-state index in [4.69, 9.17) is 4.11 Å². The van der Waals surface area contributed by atoms with Crippen LogP contribution in [0, 0.1) is 0 Å². The second kappa shape index (κ2) is 4.60. The first kappa shape index (κ1) is 8.02. The minimum absolute atomic E-state index is 0.190. The van der Waals surface area contributed by atoms with Gasteiger partial charge in [0.25, 0.3) is 6.85 Å². The van der Waals surface area contributed by atoms with E-state index in [1.807, 2.05) is 30.4 Å². The van der Waals surface area contributed by atoms with Crippen LogP contribution in [0.25, 0.3) is 0 Å². The minimum Gasteiger partial charge on any atom is -0.430 e. The molecule has 1 saturated carbocycles. The summed E-state index contributed by atoms with van der Waals surface area (Å²) in [4.78, 5) is 0. The predicted molar refractivity (Wildman–Crippen MR) is 75.0 cm³/mol. The lowest BCUT2D eigenvalue weighted by Gasteiger charge is -2.21. The maximum absolute atomic E-state index is 7.78. The van der Waals surface area contributed by atoms with E-state index in [2.05, 4.69) is 11.3 Å². The van der Waals surface area contributed by atoms with Crippen molar-refractivity contribution in [2.45, 2.75) is 44.2 Å². The highest BCUT2D eigenvalue weighted by Crippen LogP contribution is 2.43. The van der Waals surface area contributed by atoms with E-state index < -0.39 is 6.85 Å². The second-order valence-corrected chi connectivity index (χ2v) is 5.20. The Labute approximate surface area is 109 Å². The average molecular weight is 228 g/mol. The maximum Gasteiger partial charge on any atom is 0.266 e. The van der Waals surface area contributed by atoms with E-state index in [9.17, 15) is 0 Å². The molecule has 1 heterocycles. The summed E-state index contributed by atoms with van der Waals surface area (Å²) in [7, 11) is 0.